The second kappa shape index (κ2) is 9.47. The molecule has 0 saturated carbocycles. The zero-order chi connectivity index (χ0) is 8.36. The van der Waals surface area contributed by atoms with Crippen molar-refractivity contribution < 1.29 is 0 Å². The quantitative estimate of drug-likeness (QED) is 0.431. The Morgan fingerprint density at radius 2 is 1.36 bits per heavy atom. The van der Waals surface area contributed by atoms with Gasteiger partial charge in [0.25, 0.3) is 0 Å². The van der Waals surface area contributed by atoms with Crippen molar-refractivity contribution in [2.75, 3.05) is 11.5 Å². The molecule has 0 bridgehead atoms. The summed E-state index contributed by atoms with van der Waals surface area (Å²) in [7, 11) is 0. The van der Waals surface area contributed by atoms with E-state index in [0.717, 1.165) is 25.7 Å². The van der Waals surface area contributed by atoms with Crippen LogP contribution in [0.15, 0.2) is 0 Å². The third-order valence-corrected chi connectivity index (χ3v) is 2.37. The summed E-state index contributed by atoms with van der Waals surface area (Å²) >= 11 is 1.94. The minimum absolute atomic E-state index is 0.905. The zero-order valence-electron chi connectivity index (χ0n) is 6.81. The molecule has 11 heavy (non-hydrogen) atoms. The van der Waals surface area contributed by atoms with Crippen molar-refractivity contribution in [2.24, 2.45) is 0 Å². The highest BCUT2D eigenvalue weighted by Gasteiger charge is 1.87. The van der Waals surface area contributed by atoms with Gasteiger partial charge in [-0.15, -0.1) is 24.7 Å². The lowest BCUT2D eigenvalue weighted by Crippen LogP contribution is -1.82. The van der Waals surface area contributed by atoms with Crippen LogP contribution in [0, 0.1) is 24.7 Å². The summed E-state index contributed by atoms with van der Waals surface area (Å²) in [6, 6.07) is 0. The first-order valence-electron chi connectivity index (χ1n) is 3.86. The summed E-state index contributed by atoms with van der Waals surface area (Å²) in [5.41, 5.74) is 0. The number of hydrogen-bond donors (Lipinski definition) is 0. The van der Waals surface area contributed by atoms with Crippen LogP contribution in [-0.4, -0.2) is 11.5 Å². The van der Waals surface area contributed by atoms with Crippen LogP contribution in [0.25, 0.3) is 0 Å². The number of hydrogen-bond acceptors (Lipinski definition) is 1. The fourth-order valence-corrected chi connectivity index (χ4v) is 1.56. The molecule has 0 nitrogen and oxygen atoms in total. The molecule has 0 rings (SSSR count). The van der Waals surface area contributed by atoms with E-state index in [1.807, 2.05) is 11.8 Å². The summed E-state index contributed by atoms with van der Waals surface area (Å²) in [6.07, 6.45) is 14.3. The lowest BCUT2D eigenvalue weighted by Gasteiger charge is -1.96. The van der Waals surface area contributed by atoms with Crippen molar-refractivity contribution in [3.8, 4) is 24.7 Å². The van der Waals surface area contributed by atoms with Gasteiger partial charge in [0.05, 0.1) is 0 Å². The molecule has 0 aliphatic heterocycles. The number of terminal acetylenes is 2. The predicted molar refractivity (Wildman–Crippen MR) is 53.5 cm³/mol. The van der Waals surface area contributed by atoms with E-state index >= 15 is 0 Å². The number of unbranched alkanes of at least 4 members (excludes halogenated alkanes) is 2. The molecule has 0 saturated heterocycles. The van der Waals surface area contributed by atoms with E-state index in [4.69, 9.17) is 12.8 Å². The molecule has 0 amide bonds. The van der Waals surface area contributed by atoms with Crippen molar-refractivity contribution in [2.45, 2.75) is 25.7 Å². The van der Waals surface area contributed by atoms with Gasteiger partial charge in [0.1, 0.15) is 0 Å². The Kier molecular flexibility index (Phi) is 9.01. The van der Waals surface area contributed by atoms with E-state index in [0.29, 0.717) is 0 Å². The van der Waals surface area contributed by atoms with Crippen molar-refractivity contribution >= 4 is 11.8 Å². The molecule has 0 aromatic carbocycles. The van der Waals surface area contributed by atoms with Gasteiger partial charge in [0.2, 0.25) is 0 Å². The van der Waals surface area contributed by atoms with Crippen molar-refractivity contribution in [3.05, 3.63) is 0 Å². The van der Waals surface area contributed by atoms with Crippen LogP contribution in [0.4, 0.5) is 0 Å². The van der Waals surface area contributed by atoms with Gasteiger partial charge in [0.15, 0.2) is 0 Å². The summed E-state index contributed by atoms with van der Waals surface area (Å²) in [5, 5.41) is 0. The molecule has 1 heteroatoms. The molecule has 0 aliphatic rings. The molecule has 0 heterocycles. The zero-order valence-corrected chi connectivity index (χ0v) is 7.62. The van der Waals surface area contributed by atoms with Gasteiger partial charge in [0, 0.05) is 12.8 Å². The van der Waals surface area contributed by atoms with E-state index in [1.54, 1.807) is 0 Å². The monoisotopic (exact) mass is 166 g/mol. The molecular weight excluding hydrogens is 152 g/mol. The SMILES string of the molecule is C#CCCCSCCCC#C. The normalized spacial score (nSPS) is 8.55. The Balaban J connectivity index is 2.82. The predicted octanol–water partition coefficient (Wildman–Crippen LogP) is 2.55. The molecule has 0 aromatic rings. The standard InChI is InChI=1S/C10H14S/c1-3-5-7-9-11-10-8-6-4-2/h1-2H,5-10H2. The second-order valence-electron chi connectivity index (χ2n) is 2.23. The summed E-state index contributed by atoms with van der Waals surface area (Å²) < 4.78 is 0. The second-order valence-corrected chi connectivity index (χ2v) is 3.45. The highest BCUT2D eigenvalue weighted by molar-refractivity contribution is 7.99. The fourth-order valence-electron chi connectivity index (χ4n) is 0.655. The fraction of sp³-hybridized carbons (Fsp3) is 0.600. The minimum Gasteiger partial charge on any atom is -0.162 e. The van der Waals surface area contributed by atoms with Crippen LogP contribution in [0.5, 0.6) is 0 Å². The Labute approximate surface area is 74.1 Å². The van der Waals surface area contributed by atoms with Gasteiger partial charge in [-0.1, -0.05) is 0 Å². The average molecular weight is 166 g/mol. The van der Waals surface area contributed by atoms with E-state index in [2.05, 4.69) is 11.8 Å². The Morgan fingerprint density at radius 3 is 1.73 bits per heavy atom. The lowest BCUT2D eigenvalue weighted by atomic mass is 10.4. The minimum atomic E-state index is 0.905. The summed E-state index contributed by atoms with van der Waals surface area (Å²) in [5.74, 6) is 7.60. The van der Waals surface area contributed by atoms with Crippen LogP contribution in [0.3, 0.4) is 0 Å². The van der Waals surface area contributed by atoms with Gasteiger partial charge in [-0.2, -0.15) is 11.8 Å². The molecule has 0 spiro atoms. The number of rotatable bonds is 6. The maximum Gasteiger partial charge on any atom is 0.00939 e. The maximum atomic E-state index is 5.11. The first-order valence-corrected chi connectivity index (χ1v) is 5.02. The van der Waals surface area contributed by atoms with Crippen molar-refractivity contribution in [1.29, 1.82) is 0 Å². The first kappa shape index (κ1) is 10.5. The smallest absolute Gasteiger partial charge is 0.00939 e. The molecule has 0 radical (unpaired) electrons. The molecule has 0 aliphatic carbocycles. The molecule has 0 unspecified atom stereocenters. The largest absolute Gasteiger partial charge is 0.162 e. The maximum absolute atomic E-state index is 5.11. The Hall–Kier alpha value is -0.530. The van der Waals surface area contributed by atoms with Gasteiger partial charge >= 0.3 is 0 Å². The highest BCUT2D eigenvalue weighted by atomic mass is 32.2. The van der Waals surface area contributed by atoms with Gasteiger partial charge in [-0.25, -0.2) is 0 Å². The number of thioether (sulfide) groups is 1. The van der Waals surface area contributed by atoms with Crippen LogP contribution >= 0.6 is 11.8 Å². The van der Waals surface area contributed by atoms with E-state index < -0.39 is 0 Å². The average Bonchev–Trinajstić information content (AvgIpc) is 2.03. The summed E-state index contributed by atoms with van der Waals surface area (Å²) in [6.45, 7) is 0. The van der Waals surface area contributed by atoms with Gasteiger partial charge in [-0.05, 0) is 24.3 Å². The molecule has 0 N–H and O–H groups in total. The molecule has 0 atom stereocenters. The molecular formula is C10H14S. The first-order chi connectivity index (χ1) is 5.41. The Bertz CT molecular complexity index is 129. The van der Waals surface area contributed by atoms with Crippen LogP contribution in [0.1, 0.15) is 25.7 Å². The van der Waals surface area contributed by atoms with Crippen LogP contribution in [-0.2, 0) is 0 Å². The third kappa shape index (κ3) is 9.47. The Morgan fingerprint density at radius 1 is 0.909 bits per heavy atom. The highest BCUT2D eigenvalue weighted by Crippen LogP contribution is 2.06. The van der Waals surface area contributed by atoms with E-state index in [-0.39, 0.29) is 0 Å². The van der Waals surface area contributed by atoms with Crippen molar-refractivity contribution in [3.63, 3.8) is 0 Å². The topological polar surface area (TPSA) is 0 Å². The van der Waals surface area contributed by atoms with E-state index in [9.17, 15) is 0 Å². The molecule has 60 valence electrons. The van der Waals surface area contributed by atoms with Crippen molar-refractivity contribution in [1.82, 2.24) is 0 Å². The summed E-state index contributed by atoms with van der Waals surface area (Å²) in [4.78, 5) is 0. The molecule has 0 aromatic heterocycles. The van der Waals surface area contributed by atoms with Crippen LogP contribution in [0.2, 0.25) is 0 Å². The third-order valence-electron chi connectivity index (χ3n) is 1.22. The lowest BCUT2D eigenvalue weighted by molar-refractivity contribution is 0.974. The van der Waals surface area contributed by atoms with Crippen LogP contribution < -0.4 is 0 Å². The van der Waals surface area contributed by atoms with Gasteiger partial charge < -0.3 is 0 Å². The van der Waals surface area contributed by atoms with E-state index in [1.165, 1.54) is 11.5 Å². The molecule has 0 fully saturated rings. The van der Waals surface area contributed by atoms with Gasteiger partial charge in [-0.3, -0.25) is 0 Å².